The maximum Gasteiger partial charge on any atom is 0.336 e. The van der Waals surface area contributed by atoms with Crippen LogP contribution in [0.25, 0.3) is 11.0 Å². The summed E-state index contributed by atoms with van der Waals surface area (Å²) in [6.45, 7) is 3.33. The molecule has 4 nitrogen and oxygen atoms in total. The molecule has 2 rings (SSSR count). The Morgan fingerprint density at radius 3 is 2.47 bits per heavy atom. The van der Waals surface area contributed by atoms with E-state index in [-0.39, 0.29) is 17.1 Å². The van der Waals surface area contributed by atoms with Crippen molar-refractivity contribution in [3.8, 4) is 11.5 Å². The van der Waals surface area contributed by atoms with Gasteiger partial charge in [0.1, 0.15) is 17.1 Å². The fourth-order valence-corrected chi connectivity index (χ4v) is 1.62. The first-order valence-corrected chi connectivity index (χ1v) is 4.46. The molecule has 0 aliphatic rings. The summed E-state index contributed by atoms with van der Waals surface area (Å²) in [7, 11) is 0. The lowest BCUT2D eigenvalue weighted by Crippen LogP contribution is -1.99. The van der Waals surface area contributed by atoms with Gasteiger partial charge in [0.2, 0.25) is 0 Å². The Hall–Kier alpha value is -1.97. The number of phenols is 2. The third kappa shape index (κ3) is 1.34. The zero-order valence-corrected chi connectivity index (χ0v) is 8.37. The van der Waals surface area contributed by atoms with Crippen LogP contribution in [0.5, 0.6) is 11.5 Å². The van der Waals surface area contributed by atoms with Gasteiger partial charge in [0.15, 0.2) is 0 Å². The molecule has 2 N–H and O–H groups in total. The Morgan fingerprint density at radius 2 is 1.80 bits per heavy atom. The SMILES string of the molecule is Cc1c(O)cc(O)c2c(C)cc(=O)oc12. The van der Waals surface area contributed by atoms with E-state index in [1.807, 2.05) is 0 Å². The monoisotopic (exact) mass is 206 g/mol. The van der Waals surface area contributed by atoms with Crippen molar-refractivity contribution in [3.05, 3.63) is 33.7 Å². The van der Waals surface area contributed by atoms with E-state index in [2.05, 4.69) is 0 Å². The van der Waals surface area contributed by atoms with Crippen LogP contribution in [0.1, 0.15) is 11.1 Å². The zero-order valence-electron chi connectivity index (χ0n) is 8.37. The Labute approximate surface area is 85.4 Å². The van der Waals surface area contributed by atoms with E-state index >= 15 is 0 Å². The summed E-state index contributed by atoms with van der Waals surface area (Å²) in [5, 5.41) is 19.5. The summed E-state index contributed by atoms with van der Waals surface area (Å²) in [5.41, 5.74) is 0.816. The molecule has 0 saturated carbocycles. The highest BCUT2D eigenvalue weighted by molar-refractivity contribution is 5.90. The second-order valence-electron chi connectivity index (χ2n) is 3.49. The van der Waals surface area contributed by atoms with Crippen molar-refractivity contribution in [1.29, 1.82) is 0 Å². The van der Waals surface area contributed by atoms with Crippen LogP contribution in [-0.4, -0.2) is 10.2 Å². The standard InChI is InChI=1S/C11H10O4/c1-5-3-9(14)15-11-6(2)7(12)4-8(13)10(5)11/h3-4,12-13H,1-2H3. The van der Waals surface area contributed by atoms with Gasteiger partial charge in [0.05, 0.1) is 5.39 Å². The van der Waals surface area contributed by atoms with Crippen LogP contribution >= 0.6 is 0 Å². The number of rotatable bonds is 0. The first-order chi connectivity index (χ1) is 7.00. The third-order valence-corrected chi connectivity index (χ3v) is 2.41. The second kappa shape index (κ2) is 3.02. The van der Waals surface area contributed by atoms with Crippen LogP contribution in [0, 0.1) is 13.8 Å². The average Bonchev–Trinajstić information content (AvgIpc) is 2.12. The van der Waals surface area contributed by atoms with Crippen LogP contribution in [0.4, 0.5) is 0 Å². The van der Waals surface area contributed by atoms with Crippen molar-refractivity contribution in [2.24, 2.45) is 0 Å². The van der Waals surface area contributed by atoms with E-state index in [1.54, 1.807) is 13.8 Å². The van der Waals surface area contributed by atoms with Crippen molar-refractivity contribution in [2.75, 3.05) is 0 Å². The van der Waals surface area contributed by atoms with Crippen LogP contribution < -0.4 is 5.63 Å². The fourth-order valence-electron chi connectivity index (χ4n) is 1.62. The van der Waals surface area contributed by atoms with Crippen LogP contribution in [0.15, 0.2) is 21.3 Å². The molecule has 4 heteroatoms. The van der Waals surface area contributed by atoms with Crippen molar-refractivity contribution in [3.63, 3.8) is 0 Å². The van der Waals surface area contributed by atoms with E-state index in [0.29, 0.717) is 16.5 Å². The molecule has 0 aliphatic heterocycles. The quantitative estimate of drug-likeness (QED) is 0.645. The Bertz CT molecular complexity index is 596. The third-order valence-electron chi connectivity index (χ3n) is 2.41. The van der Waals surface area contributed by atoms with E-state index in [0.717, 1.165) is 0 Å². The smallest absolute Gasteiger partial charge is 0.336 e. The molecular weight excluding hydrogens is 196 g/mol. The molecule has 0 radical (unpaired) electrons. The average molecular weight is 206 g/mol. The number of aromatic hydroxyl groups is 2. The molecule has 0 saturated heterocycles. The molecule has 0 aliphatic carbocycles. The molecule has 1 aromatic heterocycles. The van der Waals surface area contributed by atoms with Gasteiger partial charge in [-0.1, -0.05) is 0 Å². The molecule has 0 bridgehead atoms. The van der Waals surface area contributed by atoms with Crippen molar-refractivity contribution < 1.29 is 14.6 Å². The van der Waals surface area contributed by atoms with Gasteiger partial charge < -0.3 is 14.6 Å². The summed E-state index contributed by atoms with van der Waals surface area (Å²) in [5.74, 6) is -0.178. The van der Waals surface area contributed by atoms with Crippen molar-refractivity contribution in [2.45, 2.75) is 13.8 Å². The first kappa shape index (κ1) is 9.58. The highest BCUT2D eigenvalue weighted by atomic mass is 16.4. The van der Waals surface area contributed by atoms with E-state index < -0.39 is 5.63 Å². The summed E-state index contributed by atoms with van der Waals surface area (Å²) >= 11 is 0. The van der Waals surface area contributed by atoms with Gasteiger partial charge >= 0.3 is 5.63 Å². The minimum Gasteiger partial charge on any atom is -0.507 e. The highest BCUT2D eigenvalue weighted by Crippen LogP contribution is 2.34. The zero-order chi connectivity index (χ0) is 11.2. The topological polar surface area (TPSA) is 70.7 Å². The number of hydrogen-bond acceptors (Lipinski definition) is 4. The highest BCUT2D eigenvalue weighted by Gasteiger charge is 2.12. The molecule has 0 spiro atoms. The Kier molecular flexibility index (Phi) is 1.93. The Balaban J connectivity index is 3.09. The maximum absolute atomic E-state index is 11.1. The van der Waals surface area contributed by atoms with Crippen molar-refractivity contribution in [1.82, 2.24) is 0 Å². The number of fused-ring (bicyclic) bond motifs is 1. The van der Waals surface area contributed by atoms with E-state index in [4.69, 9.17) is 4.42 Å². The summed E-state index contributed by atoms with van der Waals surface area (Å²) in [4.78, 5) is 11.1. The Morgan fingerprint density at radius 1 is 1.13 bits per heavy atom. The normalized spacial score (nSPS) is 10.8. The van der Waals surface area contributed by atoms with Gasteiger partial charge in [0, 0.05) is 17.7 Å². The largest absolute Gasteiger partial charge is 0.507 e. The predicted octanol–water partition coefficient (Wildman–Crippen LogP) is 1.82. The number of benzene rings is 1. The van der Waals surface area contributed by atoms with Crippen LogP contribution in [0.3, 0.4) is 0 Å². The minimum atomic E-state index is -0.492. The fraction of sp³-hybridized carbons (Fsp3) is 0.182. The molecule has 1 aromatic carbocycles. The molecule has 0 unspecified atom stereocenters. The number of aryl methyl sites for hydroxylation is 2. The molecule has 0 atom stereocenters. The summed E-state index contributed by atoms with van der Waals surface area (Å²) in [6, 6.07) is 2.54. The van der Waals surface area contributed by atoms with Crippen LogP contribution in [-0.2, 0) is 0 Å². The van der Waals surface area contributed by atoms with Gasteiger partial charge in [0.25, 0.3) is 0 Å². The van der Waals surface area contributed by atoms with Crippen LogP contribution in [0.2, 0.25) is 0 Å². The maximum atomic E-state index is 11.1. The van der Waals surface area contributed by atoms with Crippen molar-refractivity contribution >= 4 is 11.0 Å². The number of hydrogen-bond donors (Lipinski definition) is 2. The van der Waals surface area contributed by atoms with E-state index in [9.17, 15) is 15.0 Å². The lowest BCUT2D eigenvalue weighted by atomic mass is 10.1. The van der Waals surface area contributed by atoms with Gasteiger partial charge in [-0.15, -0.1) is 0 Å². The predicted molar refractivity (Wildman–Crippen MR) is 55.3 cm³/mol. The van der Waals surface area contributed by atoms with E-state index in [1.165, 1.54) is 12.1 Å². The van der Waals surface area contributed by atoms with Gasteiger partial charge in [-0.25, -0.2) is 4.79 Å². The second-order valence-corrected chi connectivity index (χ2v) is 3.49. The lowest BCUT2D eigenvalue weighted by Gasteiger charge is -2.07. The van der Waals surface area contributed by atoms with Gasteiger partial charge in [-0.05, 0) is 19.4 Å². The molecular formula is C11H10O4. The van der Waals surface area contributed by atoms with Gasteiger partial charge in [-0.2, -0.15) is 0 Å². The summed E-state index contributed by atoms with van der Waals surface area (Å²) < 4.78 is 4.96. The lowest BCUT2D eigenvalue weighted by molar-refractivity contribution is 0.447. The van der Waals surface area contributed by atoms with Gasteiger partial charge in [-0.3, -0.25) is 0 Å². The number of phenolic OH excluding ortho intramolecular Hbond substituents is 2. The molecule has 2 aromatic rings. The minimum absolute atomic E-state index is 0.0886. The molecule has 0 amide bonds. The summed E-state index contributed by atoms with van der Waals surface area (Å²) in [6.07, 6.45) is 0. The molecule has 0 fully saturated rings. The molecule has 78 valence electrons. The first-order valence-electron chi connectivity index (χ1n) is 4.46. The molecule has 15 heavy (non-hydrogen) atoms. The molecule has 1 heterocycles.